The summed E-state index contributed by atoms with van der Waals surface area (Å²) >= 11 is 0. The van der Waals surface area contributed by atoms with Crippen molar-refractivity contribution in [2.75, 3.05) is 159 Å². The van der Waals surface area contributed by atoms with Gasteiger partial charge in [-0.15, -0.1) is 0 Å². The highest BCUT2D eigenvalue weighted by atomic mass is 16.6. The lowest BCUT2D eigenvalue weighted by molar-refractivity contribution is -0.142. The molecule has 44 heavy (non-hydrogen) atoms. The average Bonchev–Trinajstić information content (AvgIpc) is 3.02. The molecule has 0 aromatic carbocycles. The molecule has 0 amide bonds. The Morgan fingerprint density at radius 1 is 0.341 bits per heavy atom. The van der Waals surface area contributed by atoms with E-state index in [2.05, 4.69) is 6.92 Å². The molecule has 0 aromatic rings. The molecule has 14 nitrogen and oxygen atoms in total. The Labute approximate surface area is 264 Å². The van der Waals surface area contributed by atoms with Gasteiger partial charge in [-0.25, -0.2) is 4.79 Å². The van der Waals surface area contributed by atoms with Crippen LogP contribution in [0.2, 0.25) is 0 Å². The molecule has 0 radical (unpaired) electrons. The molecule has 0 aliphatic rings. The zero-order valence-electron chi connectivity index (χ0n) is 27.1. The summed E-state index contributed by atoms with van der Waals surface area (Å²) in [4.78, 5) is 10.3. The third-order valence-electron chi connectivity index (χ3n) is 5.46. The molecule has 1 N–H and O–H groups in total. The van der Waals surface area contributed by atoms with Gasteiger partial charge in [-0.05, 0) is 6.42 Å². The first-order chi connectivity index (χ1) is 21.8. The van der Waals surface area contributed by atoms with Crippen LogP contribution in [0.15, 0.2) is 0 Å². The maximum absolute atomic E-state index is 10.3. The first-order valence-electron chi connectivity index (χ1n) is 15.9. The molecule has 0 aromatic heterocycles. The van der Waals surface area contributed by atoms with Crippen LogP contribution in [0.3, 0.4) is 0 Å². The van der Waals surface area contributed by atoms with Gasteiger partial charge in [0, 0.05) is 6.61 Å². The minimum Gasteiger partial charge on any atom is -0.480 e. The molecule has 0 aliphatic heterocycles. The third kappa shape index (κ3) is 41.0. The molecular formula is C30H60O14. The number of carboxylic acids is 1. The Morgan fingerprint density at radius 2 is 0.568 bits per heavy atom. The Balaban J connectivity index is 3.04. The number of carboxylic acid groups (broad SMARTS) is 1. The van der Waals surface area contributed by atoms with Crippen LogP contribution in [0, 0.1) is 0 Å². The first kappa shape index (κ1) is 43.0. The number of carbonyl (C=O) groups is 1. The van der Waals surface area contributed by atoms with Gasteiger partial charge in [0.05, 0.1) is 145 Å². The predicted molar refractivity (Wildman–Crippen MR) is 162 cm³/mol. The minimum absolute atomic E-state index is 0.243. The highest BCUT2D eigenvalue weighted by Gasteiger charge is 1.98. The van der Waals surface area contributed by atoms with E-state index in [4.69, 9.17) is 61.9 Å². The highest BCUT2D eigenvalue weighted by molar-refractivity contribution is 5.67. The van der Waals surface area contributed by atoms with Crippen molar-refractivity contribution in [2.45, 2.75) is 32.6 Å². The Morgan fingerprint density at radius 3 is 0.795 bits per heavy atom. The number of hydrogen-bond donors (Lipinski definition) is 1. The lowest BCUT2D eigenvalue weighted by Crippen LogP contribution is -2.15. The van der Waals surface area contributed by atoms with Crippen LogP contribution >= 0.6 is 0 Å². The summed E-state index contributed by atoms with van der Waals surface area (Å²) in [6.07, 6.45) is 4.88. The van der Waals surface area contributed by atoms with Gasteiger partial charge >= 0.3 is 5.97 Å². The Hall–Kier alpha value is -1.01. The molecule has 14 heteroatoms. The van der Waals surface area contributed by atoms with Gasteiger partial charge in [0.1, 0.15) is 6.61 Å². The molecule has 0 atom stereocenters. The summed E-state index contributed by atoms with van der Waals surface area (Å²) < 4.78 is 64.6. The summed E-state index contributed by atoms with van der Waals surface area (Å²) in [6.45, 7) is 13.5. The van der Waals surface area contributed by atoms with Crippen molar-refractivity contribution in [3.63, 3.8) is 0 Å². The monoisotopic (exact) mass is 644 g/mol. The fourth-order valence-electron chi connectivity index (χ4n) is 3.21. The maximum Gasteiger partial charge on any atom is 0.329 e. The van der Waals surface area contributed by atoms with Crippen molar-refractivity contribution in [1.82, 2.24) is 0 Å². The number of hydrogen-bond acceptors (Lipinski definition) is 13. The van der Waals surface area contributed by atoms with Crippen LogP contribution in [0.1, 0.15) is 32.6 Å². The fourth-order valence-corrected chi connectivity index (χ4v) is 3.21. The molecule has 0 saturated carbocycles. The van der Waals surface area contributed by atoms with Gasteiger partial charge in [0.2, 0.25) is 0 Å². The molecule has 0 spiro atoms. The van der Waals surface area contributed by atoms with E-state index in [1.54, 1.807) is 0 Å². The number of ether oxygens (including phenoxy) is 12. The second-order valence-corrected chi connectivity index (χ2v) is 9.24. The third-order valence-corrected chi connectivity index (χ3v) is 5.46. The van der Waals surface area contributed by atoms with E-state index in [1.807, 2.05) is 0 Å². The van der Waals surface area contributed by atoms with Crippen LogP contribution in [-0.2, 0) is 61.6 Å². The van der Waals surface area contributed by atoms with E-state index in [0.717, 1.165) is 13.0 Å². The first-order valence-corrected chi connectivity index (χ1v) is 15.9. The zero-order valence-corrected chi connectivity index (χ0v) is 27.1. The second kappa shape index (κ2) is 40.0. The summed E-state index contributed by atoms with van der Waals surface area (Å²) in [5.41, 5.74) is 0. The van der Waals surface area contributed by atoms with E-state index in [0.29, 0.717) is 139 Å². The van der Waals surface area contributed by atoms with E-state index in [9.17, 15) is 4.79 Å². The van der Waals surface area contributed by atoms with E-state index in [-0.39, 0.29) is 13.2 Å². The molecule has 264 valence electrons. The van der Waals surface area contributed by atoms with Crippen molar-refractivity contribution in [3.05, 3.63) is 0 Å². The van der Waals surface area contributed by atoms with Crippen LogP contribution in [0.4, 0.5) is 0 Å². The smallest absolute Gasteiger partial charge is 0.329 e. The summed E-state index contributed by atoms with van der Waals surface area (Å²) in [7, 11) is 0. The number of rotatable bonds is 40. The lowest BCUT2D eigenvalue weighted by atomic mass is 10.2. The van der Waals surface area contributed by atoms with Crippen molar-refractivity contribution < 1.29 is 66.7 Å². The SMILES string of the molecule is CCCCCCOCCOCCOCCOCCOCCOCCOCCOCCOCCOCCOCCOCC(=O)O. The van der Waals surface area contributed by atoms with Gasteiger partial charge < -0.3 is 61.9 Å². The summed E-state index contributed by atoms with van der Waals surface area (Å²) in [5.74, 6) is -0.994. The Kier molecular flexibility index (Phi) is 39.1. The largest absolute Gasteiger partial charge is 0.480 e. The molecule has 0 bridgehead atoms. The van der Waals surface area contributed by atoms with E-state index >= 15 is 0 Å². The van der Waals surface area contributed by atoms with Gasteiger partial charge in [0.15, 0.2) is 0 Å². The predicted octanol–water partition coefficient (Wildman–Crippen LogP) is 1.85. The normalized spacial score (nSPS) is 11.5. The molecule has 0 heterocycles. The zero-order chi connectivity index (χ0) is 31.9. The number of unbranched alkanes of at least 4 members (excludes halogenated alkanes) is 3. The van der Waals surface area contributed by atoms with Crippen molar-refractivity contribution in [3.8, 4) is 0 Å². The van der Waals surface area contributed by atoms with Crippen LogP contribution in [0.5, 0.6) is 0 Å². The lowest BCUT2D eigenvalue weighted by Gasteiger charge is -2.09. The molecule has 0 saturated heterocycles. The van der Waals surface area contributed by atoms with Crippen LogP contribution in [-0.4, -0.2) is 170 Å². The summed E-state index contributed by atoms with van der Waals surface area (Å²) in [6, 6.07) is 0. The van der Waals surface area contributed by atoms with Gasteiger partial charge in [-0.1, -0.05) is 26.2 Å². The van der Waals surface area contributed by atoms with Crippen molar-refractivity contribution in [1.29, 1.82) is 0 Å². The molecule has 0 rings (SSSR count). The van der Waals surface area contributed by atoms with Gasteiger partial charge in [-0.2, -0.15) is 0 Å². The Bertz CT molecular complexity index is 544. The quantitative estimate of drug-likeness (QED) is 0.0968. The van der Waals surface area contributed by atoms with Gasteiger partial charge in [-0.3, -0.25) is 0 Å². The molecule has 0 unspecified atom stereocenters. The van der Waals surface area contributed by atoms with Crippen LogP contribution < -0.4 is 0 Å². The van der Waals surface area contributed by atoms with E-state index in [1.165, 1.54) is 19.3 Å². The molecule has 0 fully saturated rings. The molecular weight excluding hydrogens is 584 g/mol. The minimum atomic E-state index is -0.994. The average molecular weight is 645 g/mol. The van der Waals surface area contributed by atoms with Crippen molar-refractivity contribution in [2.24, 2.45) is 0 Å². The van der Waals surface area contributed by atoms with Crippen LogP contribution in [0.25, 0.3) is 0 Å². The van der Waals surface area contributed by atoms with Gasteiger partial charge in [0.25, 0.3) is 0 Å². The van der Waals surface area contributed by atoms with Crippen molar-refractivity contribution >= 4 is 5.97 Å². The molecule has 0 aliphatic carbocycles. The highest BCUT2D eigenvalue weighted by Crippen LogP contribution is 1.98. The number of aliphatic carboxylic acids is 1. The topological polar surface area (TPSA) is 148 Å². The standard InChI is InChI=1S/C30H60O14/c1-2-3-4-5-6-33-7-8-34-9-10-35-11-12-36-13-14-37-15-16-38-17-18-39-19-20-40-21-22-41-23-24-42-25-26-43-27-28-44-29-30(31)32/h2-29H2,1H3,(H,31,32). The van der Waals surface area contributed by atoms with E-state index < -0.39 is 5.97 Å². The second-order valence-electron chi connectivity index (χ2n) is 9.24. The fraction of sp³-hybridized carbons (Fsp3) is 0.967. The summed E-state index contributed by atoms with van der Waals surface area (Å²) in [5, 5.41) is 8.42. The maximum atomic E-state index is 10.3.